The van der Waals surface area contributed by atoms with Crippen molar-refractivity contribution in [3.8, 4) is 5.75 Å². The largest absolute Gasteiger partial charge is 0.573 e. The Morgan fingerprint density at radius 1 is 1.25 bits per heavy atom. The van der Waals surface area contributed by atoms with Crippen LogP contribution in [-0.4, -0.2) is 25.4 Å². The van der Waals surface area contributed by atoms with E-state index in [1.54, 1.807) is 6.07 Å². The maximum atomic E-state index is 12.1. The van der Waals surface area contributed by atoms with Gasteiger partial charge in [0.2, 0.25) is 5.90 Å². The van der Waals surface area contributed by atoms with E-state index in [1.165, 1.54) is 18.2 Å². The molecule has 0 atom stereocenters. The summed E-state index contributed by atoms with van der Waals surface area (Å²) in [7, 11) is 0. The minimum Gasteiger partial charge on any atom is -0.475 e. The fourth-order valence-corrected chi connectivity index (χ4v) is 1.36. The zero-order valence-electron chi connectivity index (χ0n) is 8.12. The highest BCUT2D eigenvalue weighted by Crippen LogP contribution is 2.27. The van der Waals surface area contributed by atoms with Gasteiger partial charge < -0.3 is 9.47 Å². The maximum Gasteiger partial charge on any atom is 0.573 e. The van der Waals surface area contributed by atoms with Gasteiger partial charge in [-0.1, -0.05) is 12.1 Å². The van der Waals surface area contributed by atoms with Crippen LogP contribution in [0.25, 0.3) is 0 Å². The molecular formula is C10H8F3NO2. The second-order valence-electron chi connectivity index (χ2n) is 3.08. The van der Waals surface area contributed by atoms with Gasteiger partial charge in [0.05, 0.1) is 12.1 Å². The third-order valence-corrected chi connectivity index (χ3v) is 1.93. The van der Waals surface area contributed by atoms with Crippen LogP contribution in [-0.2, 0) is 4.74 Å². The molecule has 0 spiro atoms. The Bertz CT molecular complexity index is 415. The van der Waals surface area contributed by atoms with Crippen LogP contribution >= 0.6 is 0 Å². The van der Waals surface area contributed by atoms with Gasteiger partial charge in [0.15, 0.2) is 0 Å². The lowest BCUT2D eigenvalue weighted by Crippen LogP contribution is -2.19. The molecule has 0 fully saturated rings. The molecule has 0 amide bonds. The first-order valence-corrected chi connectivity index (χ1v) is 4.59. The SMILES string of the molecule is FC(F)(F)Oc1ccccc1C1=NCCO1. The second-order valence-corrected chi connectivity index (χ2v) is 3.08. The van der Waals surface area contributed by atoms with E-state index < -0.39 is 6.36 Å². The van der Waals surface area contributed by atoms with Gasteiger partial charge in [0.25, 0.3) is 0 Å². The van der Waals surface area contributed by atoms with Gasteiger partial charge >= 0.3 is 6.36 Å². The molecule has 6 heteroatoms. The molecule has 1 aliphatic heterocycles. The lowest BCUT2D eigenvalue weighted by atomic mass is 10.2. The molecule has 0 unspecified atom stereocenters. The van der Waals surface area contributed by atoms with Crippen molar-refractivity contribution in [1.29, 1.82) is 0 Å². The van der Waals surface area contributed by atoms with E-state index in [9.17, 15) is 13.2 Å². The number of benzene rings is 1. The number of rotatable bonds is 2. The number of hydrogen-bond acceptors (Lipinski definition) is 3. The zero-order chi connectivity index (χ0) is 11.6. The Balaban J connectivity index is 2.30. The van der Waals surface area contributed by atoms with Gasteiger partial charge in [-0.15, -0.1) is 13.2 Å². The molecule has 3 nitrogen and oxygen atoms in total. The van der Waals surface area contributed by atoms with Crippen molar-refractivity contribution in [2.45, 2.75) is 6.36 Å². The number of alkyl halides is 3. The molecule has 0 saturated carbocycles. The van der Waals surface area contributed by atoms with E-state index >= 15 is 0 Å². The van der Waals surface area contributed by atoms with Crippen LogP contribution in [0.15, 0.2) is 29.3 Å². The number of aliphatic imine (C=N–C) groups is 1. The summed E-state index contributed by atoms with van der Waals surface area (Å²) in [6.45, 7) is 0.839. The van der Waals surface area contributed by atoms with Crippen LogP contribution in [0, 0.1) is 0 Å². The van der Waals surface area contributed by atoms with Crippen LogP contribution in [0.2, 0.25) is 0 Å². The highest BCUT2D eigenvalue weighted by molar-refractivity contribution is 5.97. The zero-order valence-corrected chi connectivity index (χ0v) is 8.12. The molecule has 2 rings (SSSR count). The molecular weight excluding hydrogens is 223 g/mol. The fraction of sp³-hybridized carbons (Fsp3) is 0.300. The Hall–Kier alpha value is -1.72. The van der Waals surface area contributed by atoms with E-state index in [-0.39, 0.29) is 17.2 Å². The molecule has 1 aromatic carbocycles. The minimum absolute atomic E-state index is 0.194. The molecule has 1 aliphatic rings. The molecule has 0 radical (unpaired) electrons. The van der Waals surface area contributed by atoms with Gasteiger partial charge in [-0.05, 0) is 12.1 Å². The quantitative estimate of drug-likeness (QED) is 0.782. The molecule has 0 saturated heterocycles. The van der Waals surface area contributed by atoms with Crippen LogP contribution in [0.4, 0.5) is 13.2 Å². The normalized spacial score (nSPS) is 15.6. The summed E-state index contributed by atoms with van der Waals surface area (Å²) in [5.74, 6) is -0.101. The van der Waals surface area contributed by atoms with Crippen LogP contribution in [0.5, 0.6) is 5.75 Å². The maximum absolute atomic E-state index is 12.1. The van der Waals surface area contributed by atoms with Gasteiger partial charge in [-0.25, -0.2) is 4.99 Å². The molecule has 0 aliphatic carbocycles. The average molecular weight is 231 g/mol. The standard InChI is InChI=1S/C10H8F3NO2/c11-10(12,13)16-8-4-2-1-3-7(8)9-14-5-6-15-9/h1-4H,5-6H2. The Morgan fingerprint density at radius 2 is 2.00 bits per heavy atom. The molecule has 0 N–H and O–H groups in total. The summed E-state index contributed by atoms with van der Waals surface area (Å²) < 4.78 is 45.3. The molecule has 1 aromatic rings. The van der Waals surface area contributed by atoms with Crippen LogP contribution < -0.4 is 4.74 Å². The van der Waals surface area contributed by atoms with Crippen molar-refractivity contribution < 1.29 is 22.6 Å². The number of hydrogen-bond donors (Lipinski definition) is 0. The summed E-state index contributed by atoms with van der Waals surface area (Å²) in [5, 5.41) is 0. The third-order valence-electron chi connectivity index (χ3n) is 1.93. The number of ether oxygens (including phenoxy) is 2. The topological polar surface area (TPSA) is 30.8 Å². The number of nitrogens with zero attached hydrogens (tertiary/aromatic N) is 1. The second kappa shape index (κ2) is 4.03. The first kappa shape index (κ1) is 10.8. The summed E-state index contributed by atoms with van der Waals surface area (Å²) >= 11 is 0. The van der Waals surface area contributed by atoms with Gasteiger partial charge in [0, 0.05) is 0 Å². The summed E-state index contributed by atoms with van der Waals surface area (Å²) in [4.78, 5) is 3.94. The van der Waals surface area contributed by atoms with Gasteiger partial charge in [0.1, 0.15) is 12.4 Å². The number of halogens is 3. The summed E-state index contributed by atoms with van der Waals surface area (Å²) in [6, 6.07) is 5.76. The molecule has 0 aromatic heterocycles. The molecule has 1 heterocycles. The predicted octanol–water partition coefficient (Wildman–Crippen LogP) is 2.36. The van der Waals surface area contributed by atoms with E-state index in [0.29, 0.717) is 13.2 Å². The third kappa shape index (κ3) is 2.44. The van der Waals surface area contributed by atoms with Crippen molar-refractivity contribution in [1.82, 2.24) is 0 Å². The van der Waals surface area contributed by atoms with Gasteiger partial charge in [-0.3, -0.25) is 0 Å². The lowest BCUT2D eigenvalue weighted by Gasteiger charge is -2.12. The van der Waals surface area contributed by atoms with Crippen molar-refractivity contribution in [3.05, 3.63) is 29.8 Å². The fourth-order valence-electron chi connectivity index (χ4n) is 1.36. The first-order valence-electron chi connectivity index (χ1n) is 4.59. The Labute approximate surface area is 89.5 Å². The first-order chi connectivity index (χ1) is 7.56. The Morgan fingerprint density at radius 3 is 2.62 bits per heavy atom. The van der Waals surface area contributed by atoms with Crippen molar-refractivity contribution in [3.63, 3.8) is 0 Å². The number of para-hydroxylation sites is 1. The Kier molecular flexibility index (Phi) is 2.72. The van der Waals surface area contributed by atoms with E-state index in [2.05, 4.69) is 9.73 Å². The molecule has 86 valence electrons. The van der Waals surface area contributed by atoms with E-state index in [0.717, 1.165) is 0 Å². The molecule has 0 bridgehead atoms. The average Bonchev–Trinajstić information content (AvgIpc) is 2.69. The van der Waals surface area contributed by atoms with Crippen molar-refractivity contribution >= 4 is 5.90 Å². The lowest BCUT2D eigenvalue weighted by molar-refractivity contribution is -0.274. The van der Waals surface area contributed by atoms with Crippen LogP contribution in [0.1, 0.15) is 5.56 Å². The van der Waals surface area contributed by atoms with Crippen LogP contribution in [0.3, 0.4) is 0 Å². The van der Waals surface area contributed by atoms with Gasteiger partial charge in [-0.2, -0.15) is 0 Å². The summed E-state index contributed by atoms with van der Waals surface area (Å²) in [5.41, 5.74) is 0.220. The van der Waals surface area contributed by atoms with Crippen molar-refractivity contribution in [2.24, 2.45) is 4.99 Å². The smallest absolute Gasteiger partial charge is 0.475 e. The van der Waals surface area contributed by atoms with E-state index in [4.69, 9.17) is 4.74 Å². The predicted molar refractivity (Wildman–Crippen MR) is 50.5 cm³/mol. The highest BCUT2D eigenvalue weighted by atomic mass is 19.4. The van der Waals surface area contributed by atoms with E-state index in [1.807, 2.05) is 0 Å². The molecule has 16 heavy (non-hydrogen) atoms. The monoisotopic (exact) mass is 231 g/mol. The highest BCUT2D eigenvalue weighted by Gasteiger charge is 2.32. The minimum atomic E-state index is -4.71. The van der Waals surface area contributed by atoms with Crippen molar-refractivity contribution in [2.75, 3.05) is 13.2 Å². The summed E-state index contributed by atoms with van der Waals surface area (Å²) in [6.07, 6.45) is -4.71.